The lowest BCUT2D eigenvalue weighted by Gasteiger charge is -2.46. The molecule has 0 bridgehead atoms. The third kappa shape index (κ3) is 2.98. The van der Waals surface area contributed by atoms with E-state index in [1.807, 2.05) is 6.07 Å². The van der Waals surface area contributed by atoms with Crippen LogP contribution in [0.5, 0.6) is 0 Å². The second kappa shape index (κ2) is 7.16. The average molecular weight is 426 g/mol. The van der Waals surface area contributed by atoms with E-state index in [2.05, 4.69) is 38.0 Å². The second-order valence-corrected chi connectivity index (χ2v) is 9.86. The summed E-state index contributed by atoms with van der Waals surface area (Å²) in [4.78, 5) is 7.35. The molecule has 1 spiro atoms. The van der Waals surface area contributed by atoms with E-state index in [0.29, 0.717) is 17.2 Å². The molecule has 0 atom stereocenters. The molecule has 2 saturated heterocycles. The van der Waals surface area contributed by atoms with E-state index >= 15 is 0 Å². The number of pyridine rings is 1. The van der Waals surface area contributed by atoms with Gasteiger partial charge in [-0.1, -0.05) is 0 Å². The third-order valence-electron chi connectivity index (χ3n) is 7.03. The number of hydrogen-bond acceptors (Lipinski definition) is 7. The lowest BCUT2D eigenvalue weighted by molar-refractivity contribution is 0.122. The van der Waals surface area contributed by atoms with Crippen molar-refractivity contribution in [3.63, 3.8) is 0 Å². The number of thioether (sulfide) groups is 1. The van der Waals surface area contributed by atoms with E-state index in [1.165, 1.54) is 42.8 Å². The Labute approximate surface area is 179 Å². The zero-order chi connectivity index (χ0) is 20.1. The van der Waals surface area contributed by atoms with Crippen LogP contribution in [0.3, 0.4) is 0 Å². The number of morpholine rings is 1. The molecule has 0 aromatic carbocycles. The van der Waals surface area contributed by atoms with Crippen LogP contribution in [0.15, 0.2) is 18.3 Å². The SMILES string of the molecule is Nc1nn(-c2ccn[nH]2)c2nc(N3CCOCC3)cc(C3CCC4(CC3)CSC4)c12. The average Bonchev–Trinajstić information content (AvgIpc) is 3.41. The minimum atomic E-state index is 0.508. The third-order valence-corrected chi connectivity index (χ3v) is 8.67. The van der Waals surface area contributed by atoms with Gasteiger partial charge >= 0.3 is 0 Å². The van der Waals surface area contributed by atoms with E-state index < -0.39 is 0 Å². The van der Waals surface area contributed by atoms with Crippen molar-refractivity contribution in [2.24, 2.45) is 5.41 Å². The highest BCUT2D eigenvalue weighted by Crippen LogP contribution is 2.53. The fourth-order valence-electron chi connectivity index (χ4n) is 5.19. The van der Waals surface area contributed by atoms with Crippen molar-refractivity contribution in [1.29, 1.82) is 0 Å². The van der Waals surface area contributed by atoms with E-state index in [1.54, 1.807) is 10.9 Å². The number of ether oxygens (including phenoxy) is 1. The Bertz CT molecular complexity index is 1040. The van der Waals surface area contributed by atoms with Gasteiger partial charge in [-0.15, -0.1) is 5.10 Å². The Morgan fingerprint density at radius 1 is 1.20 bits per heavy atom. The number of nitrogens with two attached hydrogens (primary N) is 1. The molecule has 5 heterocycles. The summed E-state index contributed by atoms with van der Waals surface area (Å²) in [6.07, 6.45) is 6.79. The zero-order valence-electron chi connectivity index (χ0n) is 17.0. The molecule has 3 aromatic rings. The zero-order valence-corrected chi connectivity index (χ0v) is 17.8. The summed E-state index contributed by atoms with van der Waals surface area (Å²) in [6.45, 7) is 3.19. The molecular weight excluding hydrogens is 398 g/mol. The van der Waals surface area contributed by atoms with Crippen molar-refractivity contribution in [2.75, 3.05) is 48.4 Å². The Morgan fingerprint density at radius 2 is 2.00 bits per heavy atom. The van der Waals surface area contributed by atoms with Crippen molar-refractivity contribution in [2.45, 2.75) is 31.6 Å². The molecule has 0 unspecified atom stereocenters. The van der Waals surface area contributed by atoms with Crippen LogP contribution in [0, 0.1) is 5.41 Å². The van der Waals surface area contributed by atoms with Gasteiger partial charge < -0.3 is 15.4 Å². The summed E-state index contributed by atoms with van der Waals surface area (Å²) in [5, 5.41) is 12.7. The van der Waals surface area contributed by atoms with Crippen molar-refractivity contribution in [3.8, 4) is 5.82 Å². The fourth-order valence-corrected chi connectivity index (χ4v) is 6.55. The van der Waals surface area contributed by atoms with Gasteiger partial charge in [-0.3, -0.25) is 5.10 Å². The Kier molecular flexibility index (Phi) is 4.42. The number of aromatic nitrogens is 5. The van der Waals surface area contributed by atoms with Gasteiger partial charge in [-0.25, -0.2) is 4.98 Å². The predicted octanol–water partition coefficient (Wildman–Crippen LogP) is 2.95. The maximum Gasteiger partial charge on any atom is 0.169 e. The summed E-state index contributed by atoms with van der Waals surface area (Å²) < 4.78 is 7.37. The van der Waals surface area contributed by atoms with Gasteiger partial charge in [0.2, 0.25) is 0 Å². The maximum absolute atomic E-state index is 6.47. The first-order valence-corrected chi connectivity index (χ1v) is 12.0. The van der Waals surface area contributed by atoms with Crippen LogP contribution < -0.4 is 10.6 Å². The standard InChI is InChI=1S/C21H27N7OS/c22-19-18-15(14-1-4-21(5-2-14)12-30-13-21)11-17(27-7-9-29-10-8-27)24-20(18)28(26-19)16-3-6-23-25-16/h3,6,11,14H,1-2,4-5,7-10,12-13H2,(H2,22,26)(H,23,25). The number of fused-ring (bicyclic) bond motifs is 1. The normalized spacial score (nSPS) is 21.9. The van der Waals surface area contributed by atoms with Gasteiger partial charge in [0.25, 0.3) is 0 Å². The first kappa shape index (κ1) is 18.5. The highest BCUT2D eigenvalue weighted by Gasteiger charge is 2.41. The summed E-state index contributed by atoms with van der Waals surface area (Å²) in [5.74, 6) is 5.52. The van der Waals surface area contributed by atoms with Gasteiger partial charge in [0.1, 0.15) is 5.82 Å². The first-order chi connectivity index (χ1) is 14.7. The van der Waals surface area contributed by atoms with E-state index in [9.17, 15) is 0 Å². The Morgan fingerprint density at radius 3 is 2.67 bits per heavy atom. The lowest BCUT2D eigenvalue weighted by atomic mass is 9.70. The maximum atomic E-state index is 6.47. The van der Waals surface area contributed by atoms with Crippen molar-refractivity contribution in [3.05, 3.63) is 23.9 Å². The van der Waals surface area contributed by atoms with Crippen molar-refractivity contribution >= 4 is 34.4 Å². The van der Waals surface area contributed by atoms with Crippen LogP contribution in [-0.4, -0.2) is 62.8 Å². The van der Waals surface area contributed by atoms with Gasteiger partial charge in [-0.05, 0) is 60.2 Å². The number of hydrogen-bond donors (Lipinski definition) is 2. The second-order valence-electron chi connectivity index (χ2n) is 8.87. The minimum Gasteiger partial charge on any atom is -0.382 e. The summed E-state index contributed by atoms with van der Waals surface area (Å²) in [5.41, 5.74) is 9.20. The van der Waals surface area contributed by atoms with E-state index in [0.717, 1.165) is 49.0 Å². The summed E-state index contributed by atoms with van der Waals surface area (Å²) in [6, 6.07) is 4.18. The highest BCUT2D eigenvalue weighted by atomic mass is 32.2. The monoisotopic (exact) mass is 425 g/mol. The number of nitrogens with zero attached hydrogens (tertiary/aromatic N) is 5. The van der Waals surface area contributed by atoms with Crippen LogP contribution >= 0.6 is 11.8 Å². The van der Waals surface area contributed by atoms with E-state index in [-0.39, 0.29) is 0 Å². The number of rotatable bonds is 3. The number of aromatic amines is 1. The largest absolute Gasteiger partial charge is 0.382 e. The highest BCUT2D eigenvalue weighted by molar-refractivity contribution is 8.00. The van der Waals surface area contributed by atoms with Gasteiger partial charge in [-0.2, -0.15) is 21.5 Å². The van der Waals surface area contributed by atoms with Crippen LogP contribution in [0.25, 0.3) is 16.9 Å². The molecule has 6 rings (SSSR count). The van der Waals surface area contributed by atoms with Crippen LogP contribution in [0.4, 0.5) is 11.6 Å². The summed E-state index contributed by atoms with van der Waals surface area (Å²) >= 11 is 2.10. The Balaban J connectivity index is 1.46. The van der Waals surface area contributed by atoms with Gasteiger partial charge in [0.15, 0.2) is 17.3 Å². The summed E-state index contributed by atoms with van der Waals surface area (Å²) in [7, 11) is 0. The van der Waals surface area contributed by atoms with Crippen LogP contribution in [0.1, 0.15) is 37.2 Å². The molecule has 158 valence electrons. The van der Waals surface area contributed by atoms with Gasteiger partial charge in [0.05, 0.1) is 24.8 Å². The minimum absolute atomic E-state index is 0.508. The molecule has 0 amide bonds. The molecule has 30 heavy (non-hydrogen) atoms. The van der Waals surface area contributed by atoms with Crippen molar-refractivity contribution in [1.82, 2.24) is 25.0 Å². The first-order valence-electron chi connectivity index (χ1n) is 10.8. The number of anilines is 2. The molecule has 1 saturated carbocycles. The molecule has 3 aliphatic rings. The number of H-pyrrole nitrogens is 1. The Hall–Kier alpha value is -2.26. The van der Waals surface area contributed by atoms with Gasteiger partial charge in [0, 0.05) is 19.2 Å². The lowest BCUT2D eigenvalue weighted by Crippen LogP contribution is -2.39. The molecule has 0 radical (unpaired) electrons. The predicted molar refractivity (Wildman–Crippen MR) is 119 cm³/mol. The smallest absolute Gasteiger partial charge is 0.169 e. The number of nitrogen functional groups attached to an aromatic ring is 1. The number of nitrogens with one attached hydrogen (secondary N) is 1. The topological polar surface area (TPSA) is 97.9 Å². The quantitative estimate of drug-likeness (QED) is 0.666. The van der Waals surface area contributed by atoms with Crippen LogP contribution in [0.2, 0.25) is 0 Å². The molecule has 3 aromatic heterocycles. The molecule has 3 N–H and O–H groups in total. The molecular formula is C21H27N7OS. The molecule has 9 heteroatoms. The molecule has 1 aliphatic carbocycles. The molecule has 3 fully saturated rings. The molecule has 2 aliphatic heterocycles. The van der Waals surface area contributed by atoms with Crippen molar-refractivity contribution < 1.29 is 4.74 Å². The van der Waals surface area contributed by atoms with E-state index in [4.69, 9.17) is 15.5 Å². The van der Waals surface area contributed by atoms with Crippen LogP contribution in [-0.2, 0) is 4.74 Å². The molecule has 8 nitrogen and oxygen atoms in total. The fraction of sp³-hybridized carbons (Fsp3) is 0.571.